The number of hydrogen-bond acceptors (Lipinski definition) is 3. The summed E-state index contributed by atoms with van der Waals surface area (Å²) >= 11 is 0. The third-order valence-corrected chi connectivity index (χ3v) is 4.88. The van der Waals surface area contributed by atoms with Gasteiger partial charge in [-0.1, -0.05) is 24.3 Å². The Hall–Kier alpha value is -2.40. The first-order chi connectivity index (χ1) is 12.1. The Morgan fingerprint density at radius 2 is 2.04 bits per heavy atom. The quantitative estimate of drug-likeness (QED) is 0.875. The van der Waals surface area contributed by atoms with Crippen LogP contribution in [0.2, 0.25) is 0 Å². The monoisotopic (exact) mass is 342 g/mol. The average molecular weight is 342 g/mol. The fourth-order valence-corrected chi connectivity index (χ4v) is 3.35. The Kier molecular flexibility index (Phi) is 5.34. The van der Waals surface area contributed by atoms with E-state index < -0.39 is 5.82 Å². The summed E-state index contributed by atoms with van der Waals surface area (Å²) in [6.07, 6.45) is 3.37. The van der Waals surface area contributed by atoms with Crippen molar-refractivity contribution in [2.45, 2.75) is 25.3 Å². The Morgan fingerprint density at radius 3 is 2.72 bits per heavy atom. The lowest BCUT2D eigenvalue weighted by Gasteiger charge is -2.19. The number of para-hydroxylation sites is 1. The molecule has 0 bridgehead atoms. The maximum Gasteiger partial charge on any atom is 0.251 e. The van der Waals surface area contributed by atoms with Gasteiger partial charge < -0.3 is 15.3 Å². The molecule has 5 heteroatoms. The van der Waals surface area contributed by atoms with E-state index in [1.54, 1.807) is 36.4 Å². The third kappa shape index (κ3) is 3.99. The molecule has 1 heterocycles. The van der Waals surface area contributed by atoms with E-state index in [0.717, 1.165) is 13.0 Å². The van der Waals surface area contributed by atoms with Crippen LogP contribution in [0, 0.1) is 5.82 Å². The molecule has 1 aliphatic rings. The number of benzene rings is 2. The predicted molar refractivity (Wildman–Crippen MR) is 96.1 cm³/mol. The van der Waals surface area contributed by atoms with Crippen LogP contribution in [0.1, 0.15) is 29.6 Å². The van der Waals surface area contributed by atoms with Gasteiger partial charge >= 0.3 is 0 Å². The van der Waals surface area contributed by atoms with Gasteiger partial charge in [-0.3, -0.25) is 4.79 Å². The summed E-state index contributed by atoms with van der Waals surface area (Å²) in [5.41, 5.74) is 1.64. The van der Waals surface area contributed by atoms with Gasteiger partial charge in [0.05, 0.1) is 0 Å². The molecule has 1 saturated heterocycles. The van der Waals surface area contributed by atoms with E-state index in [9.17, 15) is 14.3 Å². The zero-order chi connectivity index (χ0) is 17.8. The Morgan fingerprint density at radius 1 is 1.28 bits per heavy atom. The van der Waals surface area contributed by atoms with Gasteiger partial charge in [0.2, 0.25) is 0 Å². The smallest absolute Gasteiger partial charge is 0.251 e. The summed E-state index contributed by atoms with van der Waals surface area (Å²) in [5.74, 6) is -1.15. The van der Waals surface area contributed by atoms with E-state index >= 15 is 0 Å². The Labute approximate surface area is 147 Å². The molecule has 3 rings (SSSR count). The SMILES string of the molecule is CN1CCCC1CCNC(=O)c1ccc(-c2cccc(F)c2O)cc1. The van der Waals surface area contributed by atoms with Crippen LogP contribution in [0.3, 0.4) is 0 Å². The number of aromatic hydroxyl groups is 1. The molecular formula is C20H23FN2O2. The van der Waals surface area contributed by atoms with Crippen molar-refractivity contribution in [1.29, 1.82) is 0 Å². The lowest BCUT2D eigenvalue weighted by Crippen LogP contribution is -2.31. The molecule has 0 radical (unpaired) electrons. The maximum atomic E-state index is 13.4. The fourth-order valence-electron chi connectivity index (χ4n) is 3.35. The van der Waals surface area contributed by atoms with Crippen LogP contribution >= 0.6 is 0 Å². The van der Waals surface area contributed by atoms with Crippen LogP contribution in [-0.4, -0.2) is 42.1 Å². The molecule has 1 aliphatic heterocycles. The number of hydrogen-bond donors (Lipinski definition) is 2. The zero-order valence-corrected chi connectivity index (χ0v) is 14.3. The number of phenolic OH excluding ortho intramolecular Hbond substituents is 1. The normalized spacial score (nSPS) is 17.6. The van der Waals surface area contributed by atoms with Gasteiger partial charge in [0.1, 0.15) is 0 Å². The van der Waals surface area contributed by atoms with Gasteiger partial charge in [-0.2, -0.15) is 0 Å². The average Bonchev–Trinajstić information content (AvgIpc) is 3.02. The lowest BCUT2D eigenvalue weighted by atomic mass is 10.0. The Bertz CT molecular complexity index is 746. The molecule has 25 heavy (non-hydrogen) atoms. The van der Waals surface area contributed by atoms with Gasteiger partial charge in [0.15, 0.2) is 11.6 Å². The summed E-state index contributed by atoms with van der Waals surface area (Å²) in [6.45, 7) is 1.78. The van der Waals surface area contributed by atoms with Crippen LogP contribution < -0.4 is 5.32 Å². The van der Waals surface area contributed by atoms with Crippen molar-refractivity contribution < 1.29 is 14.3 Å². The summed E-state index contributed by atoms with van der Waals surface area (Å²) < 4.78 is 13.4. The summed E-state index contributed by atoms with van der Waals surface area (Å²) in [7, 11) is 2.13. The molecule has 0 spiro atoms. The van der Waals surface area contributed by atoms with Crippen molar-refractivity contribution >= 4 is 5.91 Å². The molecule has 1 atom stereocenters. The molecule has 1 amide bonds. The van der Waals surface area contributed by atoms with Crippen molar-refractivity contribution in [3.8, 4) is 16.9 Å². The van der Waals surface area contributed by atoms with Gasteiger partial charge in [-0.05, 0) is 56.6 Å². The minimum Gasteiger partial charge on any atom is -0.504 e. The molecule has 2 aromatic rings. The second-order valence-electron chi connectivity index (χ2n) is 6.53. The number of carbonyl (C=O) groups is 1. The number of phenols is 1. The van der Waals surface area contributed by atoms with E-state index in [4.69, 9.17) is 0 Å². The number of likely N-dealkylation sites (tertiary alicyclic amines) is 1. The molecule has 2 aromatic carbocycles. The van der Waals surface area contributed by atoms with E-state index in [1.165, 1.54) is 18.9 Å². The first-order valence-electron chi connectivity index (χ1n) is 8.62. The van der Waals surface area contributed by atoms with Gasteiger partial charge in [0, 0.05) is 23.7 Å². The molecule has 0 aliphatic carbocycles. The van der Waals surface area contributed by atoms with E-state index in [0.29, 0.717) is 29.3 Å². The van der Waals surface area contributed by atoms with E-state index in [-0.39, 0.29) is 11.7 Å². The highest BCUT2D eigenvalue weighted by Gasteiger charge is 2.20. The number of nitrogens with zero attached hydrogens (tertiary/aromatic N) is 1. The largest absolute Gasteiger partial charge is 0.504 e. The van der Waals surface area contributed by atoms with Crippen LogP contribution in [-0.2, 0) is 0 Å². The van der Waals surface area contributed by atoms with Crippen molar-refractivity contribution in [3.63, 3.8) is 0 Å². The highest BCUT2D eigenvalue weighted by atomic mass is 19.1. The standard InChI is InChI=1S/C20H23FN2O2/c1-23-13-3-4-16(23)11-12-22-20(25)15-9-7-14(8-10-15)17-5-2-6-18(21)19(17)24/h2,5-10,16,24H,3-4,11-13H2,1H3,(H,22,25). The molecule has 4 nitrogen and oxygen atoms in total. The van der Waals surface area contributed by atoms with E-state index in [1.807, 2.05) is 0 Å². The maximum absolute atomic E-state index is 13.4. The summed E-state index contributed by atoms with van der Waals surface area (Å²) in [5, 5.41) is 12.8. The first kappa shape index (κ1) is 17.4. The molecule has 1 fully saturated rings. The number of halogens is 1. The number of carbonyl (C=O) groups excluding carboxylic acids is 1. The minimum atomic E-state index is -0.656. The molecular weight excluding hydrogens is 319 g/mol. The molecule has 0 saturated carbocycles. The van der Waals surface area contributed by atoms with Crippen LogP contribution in [0.5, 0.6) is 5.75 Å². The predicted octanol–water partition coefficient (Wildman–Crippen LogP) is 3.41. The Balaban J connectivity index is 1.60. The molecule has 0 aromatic heterocycles. The lowest BCUT2D eigenvalue weighted by molar-refractivity contribution is 0.0950. The van der Waals surface area contributed by atoms with Crippen molar-refractivity contribution in [2.75, 3.05) is 20.1 Å². The highest BCUT2D eigenvalue weighted by molar-refractivity contribution is 5.94. The van der Waals surface area contributed by atoms with Gasteiger partial charge in [-0.25, -0.2) is 4.39 Å². The van der Waals surface area contributed by atoms with Gasteiger partial charge in [0.25, 0.3) is 5.91 Å². The second-order valence-corrected chi connectivity index (χ2v) is 6.53. The molecule has 1 unspecified atom stereocenters. The molecule has 2 N–H and O–H groups in total. The molecule has 132 valence electrons. The number of rotatable bonds is 5. The number of nitrogens with one attached hydrogen (secondary N) is 1. The highest BCUT2D eigenvalue weighted by Crippen LogP contribution is 2.31. The van der Waals surface area contributed by atoms with Crippen LogP contribution in [0.4, 0.5) is 4.39 Å². The topological polar surface area (TPSA) is 52.6 Å². The third-order valence-electron chi connectivity index (χ3n) is 4.88. The van der Waals surface area contributed by atoms with Crippen molar-refractivity contribution in [2.24, 2.45) is 0 Å². The first-order valence-corrected chi connectivity index (χ1v) is 8.62. The fraction of sp³-hybridized carbons (Fsp3) is 0.350. The van der Waals surface area contributed by atoms with Crippen LogP contribution in [0.25, 0.3) is 11.1 Å². The van der Waals surface area contributed by atoms with Gasteiger partial charge in [-0.15, -0.1) is 0 Å². The summed E-state index contributed by atoms with van der Waals surface area (Å²) in [4.78, 5) is 14.6. The number of amides is 1. The van der Waals surface area contributed by atoms with Crippen LogP contribution in [0.15, 0.2) is 42.5 Å². The minimum absolute atomic E-state index is 0.115. The second kappa shape index (κ2) is 7.66. The zero-order valence-electron chi connectivity index (χ0n) is 14.3. The van der Waals surface area contributed by atoms with Crippen molar-refractivity contribution in [1.82, 2.24) is 10.2 Å². The van der Waals surface area contributed by atoms with E-state index in [2.05, 4.69) is 17.3 Å². The summed E-state index contributed by atoms with van der Waals surface area (Å²) in [6, 6.07) is 11.8. The van der Waals surface area contributed by atoms with Crippen molar-refractivity contribution in [3.05, 3.63) is 53.8 Å².